The molecule has 108 valence electrons. The molecule has 2 rings (SSSR count). The van der Waals surface area contributed by atoms with Gasteiger partial charge in [0.1, 0.15) is 0 Å². The van der Waals surface area contributed by atoms with E-state index in [9.17, 15) is 0 Å². The number of methoxy groups -OCH3 is 1. The first-order chi connectivity index (χ1) is 9.58. The van der Waals surface area contributed by atoms with Gasteiger partial charge in [-0.05, 0) is 23.3 Å². The Morgan fingerprint density at radius 1 is 1.05 bits per heavy atom. The van der Waals surface area contributed by atoms with Crippen LogP contribution in [0.25, 0.3) is 0 Å². The maximum atomic E-state index is 8.92. The van der Waals surface area contributed by atoms with Crippen LogP contribution in [0.4, 0.5) is 0 Å². The summed E-state index contributed by atoms with van der Waals surface area (Å²) in [5.41, 5.74) is 1.46. The van der Waals surface area contributed by atoms with E-state index in [-0.39, 0.29) is 17.1 Å². The van der Waals surface area contributed by atoms with E-state index >= 15 is 0 Å². The number of halogens is 2. The van der Waals surface area contributed by atoms with Crippen LogP contribution in [-0.2, 0) is 10.6 Å². The molecule has 0 heterocycles. The van der Waals surface area contributed by atoms with Gasteiger partial charge in [-0.2, -0.15) is 0 Å². The molecule has 0 saturated heterocycles. The van der Waals surface area contributed by atoms with Crippen LogP contribution in [0.15, 0.2) is 48.5 Å². The zero-order chi connectivity index (χ0) is 15.0. The molecule has 0 aliphatic heterocycles. The van der Waals surface area contributed by atoms with Crippen molar-refractivity contribution < 1.29 is 14.9 Å². The van der Waals surface area contributed by atoms with Gasteiger partial charge < -0.3 is 14.9 Å². The number of rotatable bonds is 3. The third-order valence-corrected chi connectivity index (χ3v) is 3.20. The van der Waals surface area contributed by atoms with Crippen LogP contribution >= 0.6 is 23.2 Å². The van der Waals surface area contributed by atoms with Crippen molar-refractivity contribution in [3.63, 3.8) is 0 Å². The highest BCUT2D eigenvalue weighted by molar-refractivity contribution is 6.19. The maximum Gasteiger partial charge on any atom is 0.157 e. The third kappa shape index (κ3) is 5.29. The van der Waals surface area contributed by atoms with Crippen LogP contribution in [-0.4, -0.2) is 17.3 Å². The zero-order valence-corrected chi connectivity index (χ0v) is 12.5. The van der Waals surface area contributed by atoms with Crippen LogP contribution < -0.4 is 0 Å². The van der Waals surface area contributed by atoms with E-state index < -0.39 is 0 Å². The van der Waals surface area contributed by atoms with Gasteiger partial charge in [0.05, 0.1) is 0 Å². The highest BCUT2D eigenvalue weighted by Gasteiger charge is 2.02. The van der Waals surface area contributed by atoms with E-state index in [1.807, 2.05) is 30.3 Å². The molecule has 0 saturated carbocycles. The number of phenols is 2. The molecule has 0 aromatic heterocycles. The van der Waals surface area contributed by atoms with Crippen LogP contribution in [0.1, 0.15) is 16.7 Å². The highest BCUT2D eigenvalue weighted by Crippen LogP contribution is 2.25. The Morgan fingerprint density at radius 3 is 2.20 bits per heavy atom. The topological polar surface area (TPSA) is 49.7 Å². The molecule has 5 heteroatoms. The molecule has 0 aliphatic carbocycles. The lowest BCUT2D eigenvalue weighted by Crippen LogP contribution is -1.90. The first-order valence-electron chi connectivity index (χ1n) is 5.87. The van der Waals surface area contributed by atoms with Crippen LogP contribution in [0, 0.1) is 0 Å². The van der Waals surface area contributed by atoms with E-state index in [0.717, 1.165) is 11.1 Å². The molecule has 0 radical (unpaired) electrons. The molecule has 3 nitrogen and oxygen atoms in total. The van der Waals surface area contributed by atoms with E-state index in [2.05, 4.69) is 0 Å². The molecule has 1 atom stereocenters. The predicted molar refractivity (Wildman–Crippen MR) is 81.4 cm³/mol. The number of benzene rings is 2. The van der Waals surface area contributed by atoms with Crippen molar-refractivity contribution in [2.45, 2.75) is 11.4 Å². The molecular formula is C15H16Cl2O3. The fraction of sp³-hybridized carbons (Fsp3) is 0.200. The number of hydrogen-bond donors (Lipinski definition) is 2. The third-order valence-electron chi connectivity index (χ3n) is 2.46. The second-order valence-corrected chi connectivity index (χ2v) is 4.58. The Kier molecular flexibility index (Phi) is 7.23. The second kappa shape index (κ2) is 8.69. The van der Waals surface area contributed by atoms with Crippen LogP contribution in [0.3, 0.4) is 0 Å². The summed E-state index contributed by atoms with van der Waals surface area (Å²) in [5.74, 6) is 0.0976. The summed E-state index contributed by atoms with van der Waals surface area (Å²) in [5, 5.41) is 17.8. The summed E-state index contributed by atoms with van der Waals surface area (Å²) < 4.78 is 4.90. The standard InChI is InChI=1S/C8H9ClO.C7H7ClO2/c1-10-8(9)7-5-3-2-4-6-7;8-4-5-1-2-6(9)7(10)3-5/h2-6,8H,1H3;1-3,9-10H,4H2. The average Bonchev–Trinajstić information content (AvgIpc) is 2.50. The summed E-state index contributed by atoms with van der Waals surface area (Å²) in [6.45, 7) is 0. The zero-order valence-electron chi connectivity index (χ0n) is 11.0. The monoisotopic (exact) mass is 314 g/mol. The van der Waals surface area contributed by atoms with E-state index in [1.165, 1.54) is 12.1 Å². The molecular weight excluding hydrogens is 299 g/mol. The number of ether oxygens (including phenoxy) is 1. The lowest BCUT2D eigenvalue weighted by molar-refractivity contribution is 0.170. The first kappa shape index (κ1) is 16.6. The molecule has 20 heavy (non-hydrogen) atoms. The quantitative estimate of drug-likeness (QED) is 0.652. The van der Waals surface area contributed by atoms with Crippen molar-refractivity contribution >= 4 is 23.2 Å². The van der Waals surface area contributed by atoms with Crippen molar-refractivity contribution in [2.24, 2.45) is 0 Å². The normalized spacial score (nSPS) is 11.3. The van der Waals surface area contributed by atoms with Gasteiger partial charge in [-0.1, -0.05) is 48.0 Å². The number of phenolic OH excluding ortho intramolecular Hbond substituents is 2. The fourth-order valence-electron chi connectivity index (χ4n) is 1.39. The predicted octanol–water partition coefficient (Wildman–Crippen LogP) is 4.41. The fourth-order valence-corrected chi connectivity index (χ4v) is 1.70. The van der Waals surface area contributed by atoms with Crippen LogP contribution in [0.5, 0.6) is 11.5 Å². The van der Waals surface area contributed by atoms with Crippen molar-refractivity contribution in [1.29, 1.82) is 0 Å². The smallest absolute Gasteiger partial charge is 0.157 e. The Balaban J connectivity index is 0.000000200. The Labute approximate surface area is 128 Å². The molecule has 2 aromatic carbocycles. The van der Waals surface area contributed by atoms with Gasteiger partial charge in [0, 0.05) is 13.0 Å². The average molecular weight is 315 g/mol. The maximum absolute atomic E-state index is 8.92. The largest absolute Gasteiger partial charge is 0.504 e. The SMILES string of the molecule is COC(Cl)c1ccccc1.Oc1ccc(CCl)cc1O. The summed E-state index contributed by atoms with van der Waals surface area (Å²) in [6.07, 6.45) is 0. The Bertz CT molecular complexity index is 518. The van der Waals surface area contributed by atoms with Gasteiger partial charge in [-0.3, -0.25) is 0 Å². The molecule has 2 N–H and O–H groups in total. The van der Waals surface area contributed by atoms with Gasteiger partial charge in [-0.25, -0.2) is 0 Å². The van der Waals surface area contributed by atoms with E-state index in [4.69, 9.17) is 38.2 Å². The van der Waals surface area contributed by atoms with Crippen molar-refractivity contribution in [3.05, 3.63) is 59.7 Å². The molecule has 0 aliphatic rings. The van der Waals surface area contributed by atoms with Gasteiger partial charge >= 0.3 is 0 Å². The van der Waals surface area contributed by atoms with Gasteiger partial charge in [0.25, 0.3) is 0 Å². The molecule has 0 spiro atoms. The summed E-state index contributed by atoms with van der Waals surface area (Å²) >= 11 is 11.2. The summed E-state index contributed by atoms with van der Waals surface area (Å²) in [7, 11) is 1.59. The van der Waals surface area contributed by atoms with E-state index in [0.29, 0.717) is 5.88 Å². The van der Waals surface area contributed by atoms with Crippen molar-refractivity contribution in [1.82, 2.24) is 0 Å². The molecule has 0 amide bonds. The van der Waals surface area contributed by atoms with Gasteiger partial charge in [0.2, 0.25) is 0 Å². The van der Waals surface area contributed by atoms with Gasteiger partial charge in [-0.15, -0.1) is 11.6 Å². The van der Waals surface area contributed by atoms with Crippen LogP contribution in [0.2, 0.25) is 0 Å². The molecule has 1 unspecified atom stereocenters. The summed E-state index contributed by atoms with van der Waals surface area (Å²) in [4.78, 5) is 0. The minimum atomic E-state index is -0.318. The van der Waals surface area contributed by atoms with Crippen molar-refractivity contribution in [2.75, 3.05) is 7.11 Å². The lowest BCUT2D eigenvalue weighted by atomic mass is 10.2. The molecule has 0 bridgehead atoms. The van der Waals surface area contributed by atoms with E-state index in [1.54, 1.807) is 13.2 Å². The molecule has 0 fully saturated rings. The second-order valence-electron chi connectivity index (χ2n) is 3.92. The lowest BCUT2D eigenvalue weighted by Gasteiger charge is -2.05. The summed E-state index contributed by atoms with van der Waals surface area (Å²) in [6, 6.07) is 14.2. The number of aromatic hydroxyl groups is 2. The van der Waals surface area contributed by atoms with Gasteiger partial charge in [0.15, 0.2) is 17.1 Å². The number of alkyl halides is 2. The minimum absolute atomic E-state index is 0.117. The molecule has 2 aromatic rings. The highest BCUT2D eigenvalue weighted by atomic mass is 35.5. The van der Waals surface area contributed by atoms with Crippen molar-refractivity contribution in [3.8, 4) is 11.5 Å². The number of hydrogen-bond acceptors (Lipinski definition) is 3. The Hall–Kier alpha value is -1.42. The Morgan fingerprint density at radius 2 is 1.70 bits per heavy atom. The minimum Gasteiger partial charge on any atom is -0.504 e. The first-order valence-corrected chi connectivity index (χ1v) is 6.84.